The van der Waals surface area contributed by atoms with E-state index in [1.54, 1.807) is 60.5 Å². The van der Waals surface area contributed by atoms with Crippen LogP contribution in [0.2, 0.25) is 0 Å². The molecule has 14 heteroatoms. The van der Waals surface area contributed by atoms with Gasteiger partial charge >= 0.3 is 0 Å². The predicted molar refractivity (Wildman–Crippen MR) is 239 cm³/mol. The van der Waals surface area contributed by atoms with Crippen LogP contribution in [0.1, 0.15) is 93.1 Å². The fourth-order valence-electron chi connectivity index (χ4n) is 9.13. The number of amides is 1. The van der Waals surface area contributed by atoms with E-state index in [-0.39, 0.29) is 55.6 Å². The predicted octanol–water partition coefficient (Wildman–Crippen LogP) is 8.81. The van der Waals surface area contributed by atoms with Gasteiger partial charge in [0.05, 0.1) is 35.8 Å². The van der Waals surface area contributed by atoms with Gasteiger partial charge in [0.2, 0.25) is 11.7 Å². The van der Waals surface area contributed by atoms with Gasteiger partial charge < -0.3 is 38.9 Å². The van der Waals surface area contributed by atoms with Gasteiger partial charge in [0.25, 0.3) is 5.69 Å². The van der Waals surface area contributed by atoms with Crippen molar-refractivity contribution in [1.82, 2.24) is 4.90 Å². The van der Waals surface area contributed by atoms with E-state index in [4.69, 9.17) is 28.9 Å². The van der Waals surface area contributed by atoms with Gasteiger partial charge in [-0.25, -0.2) is 0 Å². The lowest BCUT2D eigenvalue weighted by atomic mass is 9.55. The van der Waals surface area contributed by atoms with Crippen LogP contribution in [0.25, 0.3) is 6.08 Å². The van der Waals surface area contributed by atoms with Gasteiger partial charge in [-0.2, -0.15) is 0 Å². The molecular weight excluding hydrogens is 807 g/mol. The van der Waals surface area contributed by atoms with Crippen molar-refractivity contribution < 1.29 is 48.5 Å². The first kappa shape index (κ1) is 46.7. The fourth-order valence-corrected chi connectivity index (χ4v) is 9.13. The topological polar surface area (TPSA) is 179 Å². The van der Waals surface area contributed by atoms with Crippen LogP contribution in [-0.2, 0) is 14.4 Å². The monoisotopic (exact) mass is 865 g/mol. The number of aliphatic hydroxyl groups is 2. The normalized spacial score (nSPS) is 23.2. The van der Waals surface area contributed by atoms with E-state index in [9.17, 15) is 29.9 Å². The van der Waals surface area contributed by atoms with Crippen molar-refractivity contribution in [3.63, 3.8) is 0 Å². The van der Waals surface area contributed by atoms with Gasteiger partial charge in [-0.3, -0.25) is 19.7 Å². The zero-order chi connectivity index (χ0) is 45.3. The molecule has 14 nitrogen and oxygen atoms in total. The van der Waals surface area contributed by atoms with Crippen molar-refractivity contribution in [2.75, 3.05) is 34.0 Å². The van der Waals surface area contributed by atoms with Crippen LogP contribution in [0.15, 0.2) is 96.2 Å². The lowest BCUT2D eigenvalue weighted by Crippen LogP contribution is -2.69. The highest BCUT2D eigenvalue weighted by Crippen LogP contribution is 2.62. The molecule has 0 radical (unpaired) electrons. The minimum absolute atomic E-state index is 0.0113. The Bertz CT molecular complexity index is 2210. The van der Waals surface area contributed by atoms with Crippen molar-refractivity contribution in [1.29, 1.82) is 0 Å². The Balaban J connectivity index is 1.54. The maximum absolute atomic E-state index is 14.4. The standard InChI is InChI=1S/C49H59N3O11/c1-7-26-60-49-44(51(5)45(56)23-16-32-14-17-35(18-15-32)52(57)58)30-41(50-63-48(2,3)4)39-28-33(12-8-10-24-53)38(13-9-11-25-54)46(47(39)49)40-29-37(20-22-43(40)62-49)61-36-19-21-42(59-6)34(27-36)31-55/h7,14-23,27-29,31,33,38,44,46-47,53-54H,1,8-13,24-26,30H2,2-6H3/t33-,38+,44-,46+,47+,49+/m0/s1. The first-order chi connectivity index (χ1) is 30.3. The summed E-state index contributed by atoms with van der Waals surface area (Å²) in [5, 5.41) is 35.9. The summed E-state index contributed by atoms with van der Waals surface area (Å²) in [6.07, 6.45) is 12.2. The second-order valence-corrected chi connectivity index (χ2v) is 17.2. The molecule has 2 N–H and O–H groups in total. The molecule has 63 heavy (non-hydrogen) atoms. The molecule has 0 aromatic heterocycles. The second kappa shape index (κ2) is 20.6. The molecule has 3 aliphatic rings. The minimum atomic E-state index is -1.47. The molecule has 2 aliphatic carbocycles. The van der Waals surface area contributed by atoms with E-state index in [1.807, 2.05) is 32.9 Å². The van der Waals surface area contributed by atoms with Crippen LogP contribution in [0.3, 0.4) is 0 Å². The summed E-state index contributed by atoms with van der Waals surface area (Å²) in [4.78, 5) is 44.9. The number of aliphatic hydroxyl groups excluding tert-OH is 2. The number of hydrogen-bond acceptors (Lipinski definition) is 12. The number of methoxy groups -OCH3 is 1. The number of rotatable bonds is 20. The Morgan fingerprint density at radius 3 is 2.38 bits per heavy atom. The average molecular weight is 866 g/mol. The number of ether oxygens (including phenoxy) is 4. The number of non-ortho nitro benzene ring substituents is 1. The number of allylic oxidation sites excluding steroid dienone is 1. The molecule has 0 saturated heterocycles. The number of nitro groups is 1. The number of fused-ring (bicyclic) bond motifs is 2. The third-order valence-electron chi connectivity index (χ3n) is 12.0. The highest BCUT2D eigenvalue weighted by atomic mass is 16.7. The van der Waals surface area contributed by atoms with E-state index in [0.29, 0.717) is 59.0 Å². The van der Waals surface area contributed by atoms with Crippen LogP contribution in [0.4, 0.5) is 5.69 Å². The van der Waals surface area contributed by atoms with Gasteiger partial charge in [-0.05, 0) is 124 Å². The zero-order valence-electron chi connectivity index (χ0n) is 36.7. The molecule has 1 amide bonds. The molecule has 6 atom stereocenters. The van der Waals surface area contributed by atoms with Gasteiger partial charge in [0.15, 0.2) is 6.29 Å². The molecular formula is C49H59N3O11. The fraction of sp³-hybridized carbons (Fsp3) is 0.449. The minimum Gasteiger partial charge on any atom is -0.496 e. The van der Waals surface area contributed by atoms with Crippen molar-refractivity contribution in [2.45, 2.75) is 89.1 Å². The number of hydrogen-bond donors (Lipinski definition) is 2. The second-order valence-electron chi connectivity index (χ2n) is 17.2. The number of likely N-dealkylation sites (N-methyl/N-ethyl adjacent to an activating group) is 1. The first-order valence-electron chi connectivity index (χ1n) is 21.5. The largest absolute Gasteiger partial charge is 0.496 e. The number of unbranched alkanes of at least 4 members (excludes halogenated alkanes) is 2. The molecule has 1 heterocycles. The van der Waals surface area contributed by atoms with Crippen LogP contribution in [-0.4, -0.2) is 89.3 Å². The van der Waals surface area contributed by atoms with Gasteiger partial charge in [0.1, 0.15) is 34.6 Å². The third kappa shape index (κ3) is 10.5. The molecule has 6 rings (SSSR count). The Morgan fingerprint density at radius 1 is 1.03 bits per heavy atom. The molecule has 1 aliphatic heterocycles. The summed E-state index contributed by atoms with van der Waals surface area (Å²) in [5.74, 6) is -0.697. The molecule has 336 valence electrons. The molecule has 3 aromatic carbocycles. The summed E-state index contributed by atoms with van der Waals surface area (Å²) < 4.78 is 26.0. The SMILES string of the molecule is C=CCO[C@@]12Oc3ccc(Oc4ccc(OC)c(C=O)c4)cc3[C@H]3[C@H](CCCCO)[C@@H](CCCCO)C=C(C(=NOC(C)(C)C)C[C@@H]1N(C)C(=O)C=Cc1ccc([N+](=O)[O-])cc1)[C@H]32. The van der Waals surface area contributed by atoms with E-state index in [0.717, 1.165) is 36.8 Å². The number of nitrogens with zero attached hydrogens (tertiary/aromatic N) is 3. The Kier molecular flexibility index (Phi) is 15.2. The van der Waals surface area contributed by atoms with Crippen LogP contribution >= 0.6 is 0 Å². The summed E-state index contributed by atoms with van der Waals surface area (Å²) in [6.45, 7) is 9.96. The number of carbonyl (C=O) groups is 2. The van der Waals surface area contributed by atoms with Crippen molar-refractivity contribution in [2.24, 2.45) is 22.9 Å². The maximum atomic E-state index is 14.4. The van der Waals surface area contributed by atoms with Gasteiger partial charge in [-0.15, -0.1) is 6.58 Å². The highest BCUT2D eigenvalue weighted by Gasteiger charge is 2.65. The van der Waals surface area contributed by atoms with Crippen LogP contribution in [0, 0.1) is 27.9 Å². The molecule has 1 saturated carbocycles. The lowest BCUT2D eigenvalue weighted by molar-refractivity contribution is -0.384. The van der Waals surface area contributed by atoms with Gasteiger partial charge in [0, 0.05) is 56.4 Å². The third-order valence-corrected chi connectivity index (χ3v) is 12.0. The van der Waals surface area contributed by atoms with Crippen LogP contribution < -0.4 is 14.2 Å². The summed E-state index contributed by atoms with van der Waals surface area (Å²) in [7, 11) is 3.20. The highest BCUT2D eigenvalue weighted by molar-refractivity contribution is 6.03. The number of oxime groups is 1. The number of nitro benzene ring substituents is 1. The van der Waals surface area contributed by atoms with E-state index in [2.05, 4.69) is 12.7 Å². The number of benzene rings is 3. The van der Waals surface area contributed by atoms with Crippen molar-refractivity contribution >= 4 is 29.7 Å². The molecule has 0 spiro atoms. The summed E-state index contributed by atoms with van der Waals surface area (Å²) in [5.41, 5.74) is 2.68. The molecule has 0 unspecified atom stereocenters. The number of aldehydes is 1. The first-order valence-corrected chi connectivity index (χ1v) is 21.5. The smallest absolute Gasteiger partial charge is 0.269 e. The van der Waals surface area contributed by atoms with Crippen molar-refractivity contribution in [3.8, 4) is 23.0 Å². The Hall–Kier alpha value is -5.83. The Labute approximate surface area is 369 Å². The average Bonchev–Trinajstić information content (AvgIpc) is 3.27. The van der Waals surface area contributed by atoms with E-state index < -0.39 is 28.3 Å². The summed E-state index contributed by atoms with van der Waals surface area (Å²) >= 11 is 0. The Morgan fingerprint density at radius 2 is 1.73 bits per heavy atom. The maximum Gasteiger partial charge on any atom is 0.269 e. The van der Waals surface area contributed by atoms with E-state index in [1.165, 1.54) is 25.3 Å². The summed E-state index contributed by atoms with van der Waals surface area (Å²) in [6, 6.07) is 15.9. The quantitative estimate of drug-likeness (QED) is 0.0277. The van der Waals surface area contributed by atoms with Crippen LogP contribution in [0.5, 0.6) is 23.0 Å². The van der Waals surface area contributed by atoms with Crippen molar-refractivity contribution in [3.05, 3.63) is 118 Å². The molecule has 0 bridgehead atoms. The van der Waals surface area contributed by atoms with E-state index >= 15 is 0 Å². The number of carbonyl (C=O) groups excluding carboxylic acids is 2. The lowest BCUT2D eigenvalue weighted by Gasteiger charge is -2.59. The zero-order valence-corrected chi connectivity index (χ0v) is 36.7. The molecule has 3 aromatic rings. The van der Waals surface area contributed by atoms with Gasteiger partial charge in [-0.1, -0.05) is 30.1 Å². The molecule has 1 fully saturated rings.